The molecule has 0 N–H and O–H groups in total. The number of rotatable bonds is 4. The minimum absolute atomic E-state index is 0.0369. The Hall–Kier alpha value is -0.530. The molecule has 2 nitrogen and oxygen atoms in total. The molecule has 2 heteroatoms. The van der Waals surface area contributed by atoms with Crippen LogP contribution in [0.5, 0.6) is 0 Å². The summed E-state index contributed by atoms with van der Waals surface area (Å²) >= 11 is 0. The van der Waals surface area contributed by atoms with E-state index in [1.165, 1.54) is 0 Å². The molecule has 0 saturated carbocycles. The van der Waals surface area contributed by atoms with Crippen molar-refractivity contribution >= 4 is 5.91 Å². The van der Waals surface area contributed by atoms with Crippen LogP contribution >= 0.6 is 0 Å². The lowest BCUT2D eigenvalue weighted by Gasteiger charge is -2.29. The number of hydrogen-bond acceptors (Lipinski definition) is 1. The Bertz CT molecular complexity index is 208. The van der Waals surface area contributed by atoms with Crippen LogP contribution in [-0.2, 0) is 4.79 Å². The van der Waals surface area contributed by atoms with Gasteiger partial charge in [0.2, 0.25) is 5.91 Å². The number of carbonyl (C=O) groups is 1. The van der Waals surface area contributed by atoms with E-state index in [1.807, 2.05) is 4.90 Å². The summed E-state index contributed by atoms with van der Waals surface area (Å²) in [6, 6.07) is 0. The van der Waals surface area contributed by atoms with Crippen LogP contribution in [0, 0.1) is 11.3 Å². The molecule has 0 spiro atoms. The molecule has 0 aliphatic carbocycles. The largest absolute Gasteiger partial charge is 0.342 e. The van der Waals surface area contributed by atoms with Crippen molar-refractivity contribution in [2.75, 3.05) is 13.1 Å². The molecule has 1 aliphatic heterocycles. The Morgan fingerprint density at radius 2 is 1.86 bits per heavy atom. The molecule has 1 saturated heterocycles. The Morgan fingerprint density at radius 1 is 1.29 bits per heavy atom. The molecule has 0 radical (unpaired) electrons. The summed E-state index contributed by atoms with van der Waals surface area (Å²) < 4.78 is 0. The molecule has 1 rings (SSSR count). The molecule has 1 heterocycles. The van der Waals surface area contributed by atoms with E-state index in [9.17, 15) is 4.79 Å². The van der Waals surface area contributed by atoms with Gasteiger partial charge in [0.05, 0.1) is 5.41 Å². The van der Waals surface area contributed by atoms with Crippen molar-refractivity contribution in [3.63, 3.8) is 0 Å². The van der Waals surface area contributed by atoms with E-state index in [-0.39, 0.29) is 5.41 Å². The zero-order valence-electron chi connectivity index (χ0n) is 9.97. The van der Waals surface area contributed by atoms with Crippen LogP contribution in [0.15, 0.2) is 0 Å². The van der Waals surface area contributed by atoms with Crippen LogP contribution in [0.3, 0.4) is 0 Å². The lowest BCUT2D eigenvalue weighted by molar-refractivity contribution is -0.137. The van der Waals surface area contributed by atoms with Gasteiger partial charge >= 0.3 is 0 Å². The number of hydrogen-bond donors (Lipinski definition) is 0. The molecular formula is C12H23NO. The van der Waals surface area contributed by atoms with Crippen molar-refractivity contribution in [1.82, 2.24) is 4.90 Å². The lowest BCUT2D eigenvalue weighted by atomic mass is 9.72. The topological polar surface area (TPSA) is 20.3 Å². The zero-order chi connectivity index (χ0) is 10.8. The summed E-state index contributed by atoms with van der Waals surface area (Å²) in [6.45, 7) is 10.4. The summed E-state index contributed by atoms with van der Waals surface area (Å²) in [5.41, 5.74) is -0.0369. The average Bonchev–Trinajstić information content (AvgIpc) is 2.51. The minimum atomic E-state index is -0.0369. The van der Waals surface area contributed by atoms with Gasteiger partial charge in [-0.15, -0.1) is 0 Å². The van der Waals surface area contributed by atoms with Crippen LogP contribution in [0.1, 0.15) is 47.0 Å². The van der Waals surface area contributed by atoms with Crippen LogP contribution in [-0.4, -0.2) is 23.9 Å². The maximum atomic E-state index is 12.2. The first-order valence-electron chi connectivity index (χ1n) is 5.95. The van der Waals surface area contributed by atoms with Crippen molar-refractivity contribution in [1.29, 1.82) is 0 Å². The van der Waals surface area contributed by atoms with Gasteiger partial charge in [0.15, 0.2) is 0 Å². The smallest absolute Gasteiger partial charge is 0.229 e. The number of carbonyl (C=O) groups excluding carboxylic acids is 1. The highest BCUT2D eigenvalue weighted by Gasteiger charge is 2.49. The SMILES string of the molecule is CCC1CN(CC)C(=O)C1(CC)CC. The maximum Gasteiger partial charge on any atom is 0.229 e. The highest BCUT2D eigenvalue weighted by molar-refractivity contribution is 5.85. The number of amides is 1. The van der Waals surface area contributed by atoms with Crippen LogP contribution in [0.4, 0.5) is 0 Å². The third kappa shape index (κ3) is 1.45. The van der Waals surface area contributed by atoms with E-state index in [1.54, 1.807) is 0 Å². The minimum Gasteiger partial charge on any atom is -0.342 e. The predicted octanol–water partition coefficient (Wildman–Crippen LogP) is 2.68. The molecule has 1 atom stereocenters. The second-order valence-corrected chi connectivity index (χ2v) is 4.31. The van der Waals surface area contributed by atoms with Crippen molar-refractivity contribution in [3.8, 4) is 0 Å². The first kappa shape index (κ1) is 11.5. The average molecular weight is 197 g/mol. The highest BCUT2D eigenvalue weighted by Crippen LogP contribution is 2.44. The van der Waals surface area contributed by atoms with Gasteiger partial charge in [0.25, 0.3) is 0 Å². The lowest BCUT2D eigenvalue weighted by Crippen LogP contribution is -2.35. The fourth-order valence-corrected chi connectivity index (χ4v) is 2.94. The van der Waals surface area contributed by atoms with Gasteiger partial charge in [0, 0.05) is 13.1 Å². The summed E-state index contributed by atoms with van der Waals surface area (Å²) in [5, 5.41) is 0. The monoisotopic (exact) mass is 197 g/mol. The number of nitrogens with zero attached hydrogens (tertiary/aromatic N) is 1. The predicted molar refractivity (Wildman–Crippen MR) is 59.1 cm³/mol. The van der Waals surface area contributed by atoms with E-state index in [0.717, 1.165) is 32.4 Å². The van der Waals surface area contributed by atoms with E-state index < -0.39 is 0 Å². The molecular weight excluding hydrogens is 174 g/mol. The van der Waals surface area contributed by atoms with Crippen molar-refractivity contribution in [2.24, 2.45) is 11.3 Å². The maximum absolute atomic E-state index is 12.2. The van der Waals surface area contributed by atoms with E-state index >= 15 is 0 Å². The summed E-state index contributed by atoms with van der Waals surface area (Å²) in [6.07, 6.45) is 3.12. The zero-order valence-corrected chi connectivity index (χ0v) is 9.97. The van der Waals surface area contributed by atoms with Crippen LogP contribution in [0.25, 0.3) is 0 Å². The van der Waals surface area contributed by atoms with Crippen LogP contribution < -0.4 is 0 Å². The van der Waals surface area contributed by atoms with Gasteiger partial charge in [-0.3, -0.25) is 4.79 Å². The Balaban J connectivity index is 2.94. The van der Waals surface area contributed by atoms with E-state index in [4.69, 9.17) is 0 Å². The first-order valence-corrected chi connectivity index (χ1v) is 5.95. The third-order valence-corrected chi connectivity index (χ3v) is 4.07. The standard InChI is InChI=1S/C12H23NO/c1-5-10-9-13(8-4)11(14)12(10,6-2)7-3/h10H,5-9H2,1-4H3. The molecule has 1 aliphatic rings. The Labute approximate surface area is 87.7 Å². The third-order valence-electron chi connectivity index (χ3n) is 4.07. The molecule has 0 aromatic carbocycles. The second kappa shape index (κ2) is 4.33. The molecule has 1 unspecified atom stereocenters. The number of likely N-dealkylation sites (tertiary alicyclic amines) is 1. The normalized spacial score (nSPS) is 25.9. The molecule has 14 heavy (non-hydrogen) atoms. The Kier molecular flexibility index (Phi) is 3.57. The van der Waals surface area contributed by atoms with Gasteiger partial charge < -0.3 is 4.90 Å². The molecule has 0 aromatic heterocycles. The molecule has 1 amide bonds. The molecule has 1 fully saturated rings. The van der Waals surface area contributed by atoms with Gasteiger partial charge in [-0.05, 0) is 25.7 Å². The fourth-order valence-electron chi connectivity index (χ4n) is 2.94. The second-order valence-electron chi connectivity index (χ2n) is 4.31. The summed E-state index contributed by atoms with van der Waals surface area (Å²) in [5.74, 6) is 0.974. The van der Waals surface area contributed by atoms with Crippen molar-refractivity contribution in [2.45, 2.75) is 47.0 Å². The first-order chi connectivity index (χ1) is 6.66. The van der Waals surface area contributed by atoms with E-state index in [2.05, 4.69) is 27.7 Å². The van der Waals surface area contributed by atoms with Gasteiger partial charge in [-0.25, -0.2) is 0 Å². The van der Waals surface area contributed by atoms with Gasteiger partial charge in [0.1, 0.15) is 0 Å². The van der Waals surface area contributed by atoms with Gasteiger partial charge in [-0.1, -0.05) is 27.2 Å². The van der Waals surface area contributed by atoms with Gasteiger partial charge in [-0.2, -0.15) is 0 Å². The fraction of sp³-hybridized carbons (Fsp3) is 0.917. The molecule has 82 valence electrons. The van der Waals surface area contributed by atoms with Crippen molar-refractivity contribution < 1.29 is 4.79 Å². The Morgan fingerprint density at radius 3 is 2.14 bits per heavy atom. The summed E-state index contributed by atoms with van der Waals surface area (Å²) in [4.78, 5) is 14.2. The highest BCUT2D eigenvalue weighted by atomic mass is 16.2. The molecule has 0 aromatic rings. The molecule has 0 bridgehead atoms. The van der Waals surface area contributed by atoms with Crippen molar-refractivity contribution in [3.05, 3.63) is 0 Å². The summed E-state index contributed by atoms with van der Waals surface area (Å²) in [7, 11) is 0. The quantitative estimate of drug-likeness (QED) is 0.678. The van der Waals surface area contributed by atoms with E-state index in [0.29, 0.717) is 11.8 Å². The van der Waals surface area contributed by atoms with Crippen LogP contribution in [0.2, 0.25) is 0 Å².